The lowest BCUT2D eigenvalue weighted by atomic mass is 9.77. The second kappa shape index (κ2) is 6.63. The van der Waals surface area contributed by atoms with Crippen LogP contribution in [0.15, 0.2) is 0 Å². The van der Waals surface area contributed by atoms with Crippen LogP contribution in [0.5, 0.6) is 0 Å². The Morgan fingerprint density at radius 2 is 1.83 bits per heavy atom. The van der Waals surface area contributed by atoms with Crippen molar-refractivity contribution in [3.63, 3.8) is 0 Å². The number of esters is 3. The molecule has 2 bridgehead atoms. The van der Waals surface area contributed by atoms with Crippen molar-refractivity contribution in [3.8, 4) is 0 Å². The van der Waals surface area contributed by atoms with Crippen LogP contribution in [0.25, 0.3) is 0 Å². The fourth-order valence-electron chi connectivity index (χ4n) is 5.71. The number of hydrogen-bond donors (Lipinski definition) is 0. The molecule has 0 aromatic heterocycles. The normalized spacial score (nSPS) is 37.1. The third-order valence-electron chi connectivity index (χ3n) is 6.91. The number of halogens is 2. The molecule has 0 aromatic carbocycles. The van der Waals surface area contributed by atoms with E-state index < -0.39 is 65.4 Å². The molecule has 3 saturated carbocycles. The van der Waals surface area contributed by atoms with Gasteiger partial charge in [0.1, 0.15) is 18.2 Å². The number of aliphatic carboxylic acids is 1. The molecule has 4 aliphatic rings. The van der Waals surface area contributed by atoms with Crippen LogP contribution in [0.4, 0.5) is 8.78 Å². The molecule has 10 heteroatoms. The molecule has 1 heterocycles. The highest BCUT2D eigenvalue weighted by Gasteiger charge is 2.71. The van der Waals surface area contributed by atoms with E-state index in [-0.39, 0.29) is 31.6 Å². The van der Waals surface area contributed by atoms with Gasteiger partial charge in [0.25, 0.3) is 0 Å². The van der Waals surface area contributed by atoms with Crippen LogP contribution in [0.3, 0.4) is 0 Å². The maximum absolute atomic E-state index is 14.5. The van der Waals surface area contributed by atoms with Gasteiger partial charge >= 0.3 is 23.8 Å². The first-order chi connectivity index (χ1) is 13.6. The number of carboxylic acid groups (broad SMARTS) is 1. The van der Waals surface area contributed by atoms with E-state index in [0.29, 0.717) is 12.8 Å². The Hall–Kier alpha value is -2.26. The van der Waals surface area contributed by atoms with Crippen molar-refractivity contribution in [1.82, 2.24) is 0 Å². The number of ether oxygens (including phenoxy) is 3. The van der Waals surface area contributed by atoms with E-state index in [1.165, 1.54) is 6.92 Å². The number of carboxylic acids is 1. The van der Waals surface area contributed by atoms with Gasteiger partial charge in [0.05, 0.1) is 11.8 Å². The number of alkyl halides is 2. The molecule has 6 unspecified atom stereocenters. The quantitative estimate of drug-likeness (QED) is 0.466. The van der Waals surface area contributed by atoms with Crippen molar-refractivity contribution in [3.05, 3.63) is 0 Å². The SMILES string of the molecule is CC(=O)OC1C2CC3C1OC(=O)C3C2C(=O)OC1(C(F)(F)C(=O)[O-])CCCCC1. The van der Waals surface area contributed by atoms with Crippen molar-refractivity contribution in [2.24, 2.45) is 23.7 Å². The monoisotopic (exact) mass is 415 g/mol. The maximum Gasteiger partial charge on any atom is 0.325 e. The van der Waals surface area contributed by atoms with Crippen LogP contribution in [0, 0.1) is 23.7 Å². The summed E-state index contributed by atoms with van der Waals surface area (Å²) < 4.78 is 44.8. The van der Waals surface area contributed by atoms with Gasteiger partial charge in [-0.3, -0.25) is 14.4 Å². The van der Waals surface area contributed by atoms with E-state index in [1.807, 2.05) is 0 Å². The lowest BCUT2D eigenvalue weighted by molar-refractivity contribution is -0.346. The smallest absolute Gasteiger partial charge is 0.325 e. The fourth-order valence-corrected chi connectivity index (χ4v) is 5.71. The summed E-state index contributed by atoms with van der Waals surface area (Å²) in [6.07, 6.45) is -0.602. The highest BCUT2D eigenvalue weighted by atomic mass is 19.3. The summed E-state index contributed by atoms with van der Waals surface area (Å²) in [6.45, 7) is 1.19. The first-order valence-corrected chi connectivity index (χ1v) is 9.79. The summed E-state index contributed by atoms with van der Waals surface area (Å²) in [7, 11) is 0. The minimum atomic E-state index is -4.37. The summed E-state index contributed by atoms with van der Waals surface area (Å²) >= 11 is 0. The van der Waals surface area contributed by atoms with E-state index in [4.69, 9.17) is 14.2 Å². The molecule has 1 aliphatic heterocycles. The maximum atomic E-state index is 14.5. The molecule has 29 heavy (non-hydrogen) atoms. The second-order valence-corrected chi connectivity index (χ2v) is 8.43. The molecule has 0 amide bonds. The van der Waals surface area contributed by atoms with Crippen LogP contribution in [-0.4, -0.2) is 47.6 Å². The molecular formula is C19H21F2O8-. The Morgan fingerprint density at radius 3 is 2.41 bits per heavy atom. The van der Waals surface area contributed by atoms with Crippen LogP contribution in [-0.2, 0) is 33.4 Å². The van der Waals surface area contributed by atoms with Crippen LogP contribution in [0.2, 0.25) is 0 Å². The van der Waals surface area contributed by atoms with Crippen molar-refractivity contribution in [2.45, 2.75) is 69.2 Å². The summed E-state index contributed by atoms with van der Waals surface area (Å²) in [4.78, 5) is 47.9. The van der Waals surface area contributed by atoms with Crippen LogP contribution >= 0.6 is 0 Å². The number of hydrogen-bond acceptors (Lipinski definition) is 8. The summed E-state index contributed by atoms with van der Waals surface area (Å²) in [5, 5.41) is 11.1. The molecule has 0 radical (unpaired) electrons. The van der Waals surface area contributed by atoms with Gasteiger partial charge in [0.2, 0.25) is 0 Å². The lowest BCUT2D eigenvalue weighted by Gasteiger charge is -2.43. The van der Waals surface area contributed by atoms with E-state index in [9.17, 15) is 33.1 Å². The predicted octanol–water partition coefficient (Wildman–Crippen LogP) is 0.357. The Balaban J connectivity index is 1.62. The summed E-state index contributed by atoms with van der Waals surface area (Å²) in [6, 6.07) is 0. The molecule has 0 aromatic rings. The van der Waals surface area contributed by atoms with Gasteiger partial charge in [-0.25, -0.2) is 0 Å². The molecule has 6 atom stereocenters. The predicted molar refractivity (Wildman–Crippen MR) is 85.9 cm³/mol. The van der Waals surface area contributed by atoms with E-state index >= 15 is 0 Å². The topological polar surface area (TPSA) is 119 Å². The average Bonchev–Trinajstić information content (AvgIpc) is 3.25. The Labute approximate surface area is 164 Å². The molecule has 8 nitrogen and oxygen atoms in total. The zero-order valence-corrected chi connectivity index (χ0v) is 15.7. The average molecular weight is 415 g/mol. The first kappa shape index (κ1) is 20.0. The zero-order valence-electron chi connectivity index (χ0n) is 15.7. The van der Waals surface area contributed by atoms with Crippen molar-refractivity contribution >= 4 is 23.9 Å². The Morgan fingerprint density at radius 1 is 1.17 bits per heavy atom. The minimum absolute atomic E-state index is 0.274. The largest absolute Gasteiger partial charge is 0.544 e. The standard InChI is InChI=1S/C19H22F2O8/c1-8(22)27-13-10-7-9-11(15(23)28-14(9)13)12(10)16(24)29-18(5-3-2-4-6-18)19(20,21)17(25)26/h9-14H,2-7H2,1H3,(H,25,26)/p-1. The Kier molecular flexibility index (Phi) is 4.58. The number of rotatable bonds is 5. The molecule has 3 aliphatic carbocycles. The molecule has 4 fully saturated rings. The molecule has 160 valence electrons. The van der Waals surface area contributed by atoms with Crippen LogP contribution in [0.1, 0.15) is 45.4 Å². The first-order valence-electron chi connectivity index (χ1n) is 9.79. The second-order valence-electron chi connectivity index (χ2n) is 8.43. The highest BCUT2D eigenvalue weighted by molar-refractivity contribution is 5.87. The summed E-state index contributed by atoms with van der Waals surface area (Å²) in [5.74, 6) is -12.2. The lowest BCUT2D eigenvalue weighted by Crippen LogP contribution is -2.61. The molecule has 1 saturated heterocycles. The van der Waals surface area contributed by atoms with Crippen molar-refractivity contribution in [1.29, 1.82) is 0 Å². The van der Waals surface area contributed by atoms with Gasteiger partial charge < -0.3 is 24.1 Å². The molecular weight excluding hydrogens is 394 g/mol. The highest BCUT2D eigenvalue weighted by Crippen LogP contribution is 2.59. The molecule has 0 spiro atoms. The third-order valence-corrected chi connectivity index (χ3v) is 6.91. The van der Waals surface area contributed by atoms with Crippen LogP contribution < -0.4 is 5.11 Å². The van der Waals surface area contributed by atoms with Crippen molar-refractivity contribution in [2.75, 3.05) is 0 Å². The van der Waals surface area contributed by atoms with Gasteiger partial charge in [-0.15, -0.1) is 0 Å². The van der Waals surface area contributed by atoms with Gasteiger partial charge in [0.15, 0.2) is 5.60 Å². The van der Waals surface area contributed by atoms with Gasteiger partial charge in [-0.05, 0) is 32.1 Å². The summed E-state index contributed by atoms with van der Waals surface area (Å²) in [5.41, 5.74) is -2.51. The zero-order chi connectivity index (χ0) is 21.1. The molecule has 4 rings (SSSR count). The minimum Gasteiger partial charge on any atom is -0.544 e. The van der Waals surface area contributed by atoms with Gasteiger partial charge in [-0.2, -0.15) is 8.78 Å². The number of carbonyl (C=O) groups is 4. The number of fused-ring (bicyclic) bond motifs is 1. The third kappa shape index (κ3) is 2.82. The van der Waals surface area contributed by atoms with Crippen molar-refractivity contribution < 1.29 is 47.3 Å². The Bertz CT molecular complexity index is 759. The number of carbonyl (C=O) groups excluding carboxylic acids is 4. The molecule has 0 N–H and O–H groups in total. The van der Waals surface area contributed by atoms with E-state index in [1.54, 1.807) is 0 Å². The van der Waals surface area contributed by atoms with Gasteiger partial charge in [-0.1, -0.05) is 6.42 Å². The van der Waals surface area contributed by atoms with E-state index in [2.05, 4.69) is 0 Å². The van der Waals surface area contributed by atoms with E-state index in [0.717, 1.165) is 0 Å². The fraction of sp³-hybridized carbons (Fsp3) is 0.789. The van der Waals surface area contributed by atoms with Gasteiger partial charge in [0, 0.05) is 18.8 Å².